The van der Waals surface area contributed by atoms with E-state index in [1.165, 1.54) is 0 Å². The minimum Gasteiger partial charge on any atom is -0.347 e. The second kappa shape index (κ2) is 9.62. The molecule has 4 heteroatoms. The monoisotopic (exact) mass is 338 g/mol. The smallest absolute Gasteiger partial charge is 0.241 e. The summed E-state index contributed by atoms with van der Waals surface area (Å²) >= 11 is 0. The third-order valence-corrected chi connectivity index (χ3v) is 4.35. The average Bonchev–Trinajstić information content (AvgIpc) is 2.67. The summed E-state index contributed by atoms with van der Waals surface area (Å²) < 4.78 is 0. The van der Waals surface area contributed by atoms with E-state index in [0.717, 1.165) is 11.1 Å². The highest BCUT2D eigenvalue weighted by atomic mass is 16.2. The largest absolute Gasteiger partial charge is 0.347 e. The highest BCUT2D eigenvalue weighted by Gasteiger charge is 2.19. The van der Waals surface area contributed by atoms with Crippen molar-refractivity contribution in [1.29, 1.82) is 0 Å². The van der Waals surface area contributed by atoms with Gasteiger partial charge in [-0.1, -0.05) is 60.7 Å². The number of rotatable bonds is 8. The van der Waals surface area contributed by atoms with E-state index in [2.05, 4.69) is 5.32 Å². The summed E-state index contributed by atoms with van der Waals surface area (Å²) in [6, 6.07) is 20.0. The van der Waals surface area contributed by atoms with Crippen LogP contribution in [0.2, 0.25) is 0 Å². The lowest BCUT2D eigenvalue weighted by Crippen LogP contribution is -2.40. The lowest BCUT2D eigenvalue weighted by Gasteiger charge is -2.20. The third kappa shape index (κ3) is 5.45. The zero-order chi connectivity index (χ0) is 18.1. The Kier molecular flexibility index (Phi) is 7.20. The zero-order valence-electron chi connectivity index (χ0n) is 14.9. The molecular formula is C21H26N2O2. The molecule has 0 atom stereocenters. The fourth-order valence-electron chi connectivity index (χ4n) is 2.92. The maximum atomic E-state index is 12.4. The molecule has 25 heavy (non-hydrogen) atoms. The summed E-state index contributed by atoms with van der Waals surface area (Å²) in [5.74, 6) is -0.182. The first kappa shape index (κ1) is 18.7. The van der Waals surface area contributed by atoms with Gasteiger partial charge in [-0.3, -0.25) is 9.59 Å². The van der Waals surface area contributed by atoms with Crippen LogP contribution in [-0.2, 0) is 9.59 Å². The predicted octanol–water partition coefficient (Wildman–Crippen LogP) is 3.19. The number of carbonyl (C=O) groups excluding carboxylic acids is 2. The van der Waals surface area contributed by atoms with Gasteiger partial charge in [0.25, 0.3) is 0 Å². The van der Waals surface area contributed by atoms with E-state index >= 15 is 0 Å². The van der Waals surface area contributed by atoms with Crippen molar-refractivity contribution in [1.82, 2.24) is 10.2 Å². The molecule has 0 fully saturated rings. The standard InChI is InChI=1S/C21H26N2O2/c1-3-23(4-2)21(25)16-22-20(24)15-19(17-11-7-5-8-12-17)18-13-9-6-10-14-18/h5-14,19H,3-4,15-16H2,1-2H3,(H,22,24). The third-order valence-electron chi connectivity index (χ3n) is 4.35. The topological polar surface area (TPSA) is 49.4 Å². The molecule has 2 aromatic carbocycles. The van der Waals surface area contributed by atoms with Crippen LogP contribution in [0.15, 0.2) is 60.7 Å². The van der Waals surface area contributed by atoms with Crippen molar-refractivity contribution >= 4 is 11.8 Å². The molecular weight excluding hydrogens is 312 g/mol. The van der Waals surface area contributed by atoms with Crippen molar-refractivity contribution in [2.45, 2.75) is 26.2 Å². The number of hydrogen-bond donors (Lipinski definition) is 1. The molecule has 2 amide bonds. The van der Waals surface area contributed by atoms with Gasteiger partial charge in [0.2, 0.25) is 11.8 Å². The fourth-order valence-corrected chi connectivity index (χ4v) is 2.92. The number of hydrogen-bond acceptors (Lipinski definition) is 2. The van der Waals surface area contributed by atoms with Gasteiger partial charge < -0.3 is 10.2 Å². The van der Waals surface area contributed by atoms with Crippen molar-refractivity contribution in [3.63, 3.8) is 0 Å². The van der Waals surface area contributed by atoms with E-state index in [-0.39, 0.29) is 24.3 Å². The predicted molar refractivity (Wildman–Crippen MR) is 100 cm³/mol. The Hall–Kier alpha value is -2.62. The molecule has 0 radical (unpaired) electrons. The molecule has 0 aliphatic carbocycles. The summed E-state index contributed by atoms with van der Waals surface area (Å²) in [5, 5.41) is 2.77. The fraction of sp³-hybridized carbons (Fsp3) is 0.333. The van der Waals surface area contributed by atoms with Gasteiger partial charge in [0, 0.05) is 25.4 Å². The molecule has 0 saturated carbocycles. The molecule has 0 bridgehead atoms. The number of amides is 2. The molecule has 0 aliphatic heterocycles. The van der Waals surface area contributed by atoms with Gasteiger partial charge in [-0.25, -0.2) is 0 Å². The molecule has 0 spiro atoms. The molecule has 0 aliphatic rings. The molecule has 1 N–H and O–H groups in total. The maximum absolute atomic E-state index is 12.4. The van der Waals surface area contributed by atoms with Crippen LogP contribution >= 0.6 is 0 Å². The molecule has 0 unspecified atom stereocenters. The van der Waals surface area contributed by atoms with Crippen LogP contribution in [0.4, 0.5) is 0 Å². The second-order valence-corrected chi connectivity index (χ2v) is 5.92. The minimum atomic E-state index is -0.113. The quantitative estimate of drug-likeness (QED) is 0.803. The van der Waals surface area contributed by atoms with E-state index in [9.17, 15) is 9.59 Å². The molecule has 0 saturated heterocycles. The Balaban J connectivity index is 2.05. The normalized spacial score (nSPS) is 10.5. The maximum Gasteiger partial charge on any atom is 0.241 e. The van der Waals surface area contributed by atoms with Gasteiger partial charge in [0.1, 0.15) is 0 Å². The zero-order valence-corrected chi connectivity index (χ0v) is 14.9. The van der Waals surface area contributed by atoms with E-state index in [1.807, 2.05) is 74.5 Å². The van der Waals surface area contributed by atoms with E-state index < -0.39 is 0 Å². The van der Waals surface area contributed by atoms with Gasteiger partial charge >= 0.3 is 0 Å². The van der Waals surface area contributed by atoms with Crippen molar-refractivity contribution in [3.05, 3.63) is 71.8 Å². The molecule has 2 rings (SSSR count). The van der Waals surface area contributed by atoms with Gasteiger partial charge in [-0.15, -0.1) is 0 Å². The highest BCUT2D eigenvalue weighted by Crippen LogP contribution is 2.27. The number of benzene rings is 2. The molecule has 132 valence electrons. The van der Waals surface area contributed by atoms with Gasteiger partial charge in [0.15, 0.2) is 0 Å². The molecule has 2 aromatic rings. The molecule has 4 nitrogen and oxygen atoms in total. The summed E-state index contributed by atoms with van der Waals surface area (Å²) in [5.41, 5.74) is 2.19. The van der Waals surface area contributed by atoms with Crippen molar-refractivity contribution in [3.8, 4) is 0 Å². The Bertz CT molecular complexity index is 627. The Morgan fingerprint density at radius 3 is 1.80 bits per heavy atom. The van der Waals surface area contributed by atoms with Crippen LogP contribution in [-0.4, -0.2) is 36.3 Å². The van der Waals surface area contributed by atoms with Crippen molar-refractivity contribution in [2.24, 2.45) is 0 Å². The number of carbonyl (C=O) groups is 2. The van der Waals surface area contributed by atoms with Crippen LogP contribution in [0.3, 0.4) is 0 Å². The van der Waals surface area contributed by atoms with Gasteiger partial charge in [0.05, 0.1) is 6.54 Å². The first-order valence-electron chi connectivity index (χ1n) is 8.80. The first-order valence-corrected chi connectivity index (χ1v) is 8.80. The Labute approximate surface area is 149 Å². The van der Waals surface area contributed by atoms with Crippen LogP contribution in [0.1, 0.15) is 37.3 Å². The average molecular weight is 338 g/mol. The summed E-state index contributed by atoms with van der Waals surface area (Å²) in [7, 11) is 0. The number of nitrogens with zero attached hydrogens (tertiary/aromatic N) is 1. The lowest BCUT2D eigenvalue weighted by atomic mass is 9.88. The minimum absolute atomic E-state index is 0.0223. The molecule has 0 heterocycles. The number of likely N-dealkylation sites (N-methyl/N-ethyl adjacent to an activating group) is 1. The van der Waals surface area contributed by atoms with Crippen molar-refractivity contribution < 1.29 is 9.59 Å². The second-order valence-electron chi connectivity index (χ2n) is 5.92. The van der Waals surface area contributed by atoms with Crippen LogP contribution in [0, 0.1) is 0 Å². The van der Waals surface area contributed by atoms with E-state index in [4.69, 9.17) is 0 Å². The SMILES string of the molecule is CCN(CC)C(=O)CNC(=O)CC(c1ccccc1)c1ccccc1. The van der Waals surface area contributed by atoms with E-state index in [0.29, 0.717) is 19.5 Å². The van der Waals surface area contributed by atoms with Crippen molar-refractivity contribution in [2.75, 3.05) is 19.6 Å². The Morgan fingerprint density at radius 2 is 1.36 bits per heavy atom. The summed E-state index contributed by atoms with van der Waals surface area (Å²) in [6.45, 7) is 5.23. The highest BCUT2D eigenvalue weighted by molar-refractivity contribution is 5.85. The lowest BCUT2D eigenvalue weighted by molar-refractivity contribution is -0.132. The summed E-state index contributed by atoms with van der Waals surface area (Å²) in [6.07, 6.45) is 0.319. The van der Waals surface area contributed by atoms with Crippen LogP contribution < -0.4 is 5.32 Å². The number of nitrogens with one attached hydrogen (secondary N) is 1. The Morgan fingerprint density at radius 1 is 0.880 bits per heavy atom. The van der Waals surface area contributed by atoms with Gasteiger partial charge in [-0.2, -0.15) is 0 Å². The summed E-state index contributed by atoms with van der Waals surface area (Å²) in [4.78, 5) is 26.2. The van der Waals surface area contributed by atoms with Crippen LogP contribution in [0.5, 0.6) is 0 Å². The molecule has 0 aromatic heterocycles. The van der Waals surface area contributed by atoms with Gasteiger partial charge in [-0.05, 0) is 25.0 Å². The first-order chi connectivity index (χ1) is 12.2. The van der Waals surface area contributed by atoms with Crippen LogP contribution in [0.25, 0.3) is 0 Å². The van der Waals surface area contributed by atoms with E-state index in [1.54, 1.807) is 4.90 Å².